The van der Waals surface area contributed by atoms with Crippen molar-refractivity contribution in [1.29, 1.82) is 0 Å². The summed E-state index contributed by atoms with van der Waals surface area (Å²) in [5.41, 5.74) is 3.02. The van der Waals surface area contributed by atoms with Crippen LogP contribution in [0.4, 0.5) is 21.7 Å². The zero-order valence-electron chi connectivity index (χ0n) is 22.0. The number of hydrogen-bond acceptors (Lipinski definition) is 9. The molecule has 0 radical (unpaired) electrons. The SMILES string of the molecule is CCN1CCC(c2cc3cnc(Nc4ccc(-n5ccc(CO)n5)cc4F)cc3nc2NCC(=O)OC)CC1. The van der Waals surface area contributed by atoms with E-state index in [2.05, 4.69) is 38.6 Å². The van der Waals surface area contributed by atoms with Crippen LogP contribution in [-0.4, -0.2) is 69.0 Å². The Morgan fingerprint density at radius 3 is 2.72 bits per heavy atom. The molecule has 0 unspecified atom stereocenters. The number of piperidine rings is 1. The minimum Gasteiger partial charge on any atom is -0.468 e. The number of nitrogens with one attached hydrogen (secondary N) is 2. The van der Waals surface area contributed by atoms with Gasteiger partial charge in [0.2, 0.25) is 0 Å². The standard InChI is InChI=1S/C28H32FN7O3/c1-3-35-9-6-18(7-10-35)22-12-19-15-30-26(14-25(19)33-28(22)31-16-27(38)39-2)32-24-5-4-21(13-23(24)29)36-11-8-20(17-37)34-36/h4-5,8,11-15,18,37H,3,6-7,9-10,16-17H2,1-2H3,(H,30,32)(H,31,33). The molecule has 204 valence electrons. The third-order valence-electron chi connectivity index (χ3n) is 7.12. The molecule has 1 aliphatic rings. The van der Waals surface area contributed by atoms with Gasteiger partial charge < -0.3 is 25.4 Å². The van der Waals surface area contributed by atoms with Gasteiger partial charge >= 0.3 is 5.97 Å². The second-order valence-corrected chi connectivity index (χ2v) is 9.53. The molecule has 0 saturated carbocycles. The highest BCUT2D eigenvalue weighted by atomic mass is 19.1. The predicted molar refractivity (Wildman–Crippen MR) is 147 cm³/mol. The number of carbonyl (C=O) groups is 1. The molecule has 0 atom stereocenters. The number of pyridine rings is 2. The third-order valence-corrected chi connectivity index (χ3v) is 7.12. The van der Waals surface area contributed by atoms with Crippen molar-refractivity contribution in [3.63, 3.8) is 0 Å². The van der Waals surface area contributed by atoms with Crippen LogP contribution < -0.4 is 10.6 Å². The largest absolute Gasteiger partial charge is 0.468 e. The molecule has 4 heterocycles. The number of anilines is 3. The normalized spacial score (nSPS) is 14.5. The van der Waals surface area contributed by atoms with E-state index in [9.17, 15) is 14.3 Å². The fourth-order valence-electron chi connectivity index (χ4n) is 4.87. The summed E-state index contributed by atoms with van der Waals surface area (Å²) in [7, 11) is 1.36. The van der Waals surface area contributed by atoms with Gasteiger partial charge in [0.25, 0.3) is 0 Å². The van der Waals surface area contributed by atoms with E-state index in [0.29, 0.717) is 34.5 Å². The molecular formula is C28H32FN7O3. The first-order chi connectivity index (χ1) is 19.0. The van der Waals surface area contributed by atoms with E-state index in [0.717, 1.165) is 43.4 Å². The van der Waals surface area contributed by atoms with Crippen molar-refractivity contribution in [2.75, 3.05) is 43.9 Å². The number of aliphatic hydroxyl groups is 1. The highest BCUT2D eigenvalue weighted by Crippen LogP contribution is 2.35. The molecule has 1 aromatic carbocycles. The van der Waals surface area contributed by atoms with E-state index in [1.807, 2.05) is 0 Å². The summed E-state index contributed by atoms with van der Waals surface area (Å²) >= 11 is 0. The Balaban J connectivity index is 1.40. The number of ether oxygens (including phenoxy) is 1. The zero-order chi connectivity index (χ0) is 27.4. The Kier molecular flexibility index (Phi) is 7.99. The van der Waals surface area contributed by atoms with Crippen LogP contribution in [0.15, 0.2) is 48.8 Å². The number of halogens is 1. The van der Waals surface area contributed by atoms with Crippen LogP contribution in [0.2, 0.25) is 0 Å². The number of esters is 1. The number of nitrogens with zero attached hydrogens (tertiary/aromatic N) is 5. The van der Waals surface area contributed by atoms with Gasteiger partial charge in [-0.1, -0.05) is 6.92 Å². The van der Waals surface area contributed by atoms with E-state index in [-0.39, 0.29) is 24.8 Å². The topological polar surface area (TPSA) is 117 Å². The van der Waals surface area contributed by atoms with Crippen LogP contribution in [0.3, 0.4) is 0 Å². The van der Waals surface area contributed by atoms with Crippen molar-refractivity contribution in [1.82, 2.24) is 24.6 Å². The maximum absolute atomic E-state index is 15.0. The molecule has 1 saturated heterocycles. The van der Waals surface area contributed by atoms with Crippen molar-refractivity contribution in [2.45, 2.75) is 32.3 Å². The third kappa shape index (κ3) is 5.99. The molecular weight excluding hydrogens is 501 g/mol. The molecule has 0 spiro atoms. The van der Waals surface area contributed by atoms with E-state index < -0.39 is 5.82 Å². The van der Waals surface area contributed by atoms with Crippen LogP contribution in [0, 0.1) is 5.82 Å². The number of rotatable bonds is 9. The number of methoxy groups -OCH3 is 1. The lowest BCUT2D eigenvalue weighted by molar-refractivity contribution is -0.138. The molecule has 10 nitrogen and oxygen atoms in total. The van der Waals surface area contributed by atoms with Gasteiger partial charge in [0.05, 0.1) is 36.3 Å². The predicted octanol–water partition coefficient (Wildman–Crippen LogP) is 3.97. The lowest BCUT2D eigenvalue weighted by atomic mass is 9.89. The summed E-state index contributed by atoms with van der Waals surface area (Å²) in [5.74, 6) is 0.557. The molecule has 11 heteroatoms. The van der Waals surface area contributed by atoms with E-state index >= 15 is 0 Å². The Morgan fingerprint density at radius 2 is 2.03 bits per heavy atom. The number of carbonyl (C=O) groups excluding carboxylic acids is 1. The number of likely N-dealkylation sites (tertiary alicyclic amines) is 1. The average molecular weight is 534 g/mol. The highest BCUT2D eigenvalue weighted by Gasteiger charge is 2.23. The van der Waals surface area contributed by atoms with Crippen molar-refractivity contribution in [3.8, 4) is 5.69 Å². The van der Waals surface area contributed by atoms with Crippen molar-refractivity contribution < 1.29 is 19.0 Å². The lowest BCUT2D eigenvalue weighted by Gasteiger charge is -2.32. The number of benzene rings is 1. The molecule has 39 heavy (non-hydrogen) atoms. The van der Waals surface area contributed by atoms with Crippen LogP contribution in [0.1, 0.15) is 36.9 Å². The summed E-state index contributed by atoms with van der Waals surface area (Å²) in [6, 6.07) is 10.2. The van der Waals surface area contributed by atoms with Gasteiger partial charge in [0.15, 0.2) is 0 Å². The van der Waals surface area contributed by atoms with Gasteiger partial charge in [-0.05, 0) is 68.2 Å². The van der Waals surface area contributed by atoms with E-state index in [4.69, 9.17) is 9.72 Å². The Morgan fingerprint density at radius 1 is 1.21 bits per heavy atom. The summed E-state index contributed by atoms with van der Waals surface area (Å²) in [4.78, 5) is 23.6. The van der Waals surface area contributed by atoms with Crippen molar-refractivity contribution in [2.24, 2.45) is 0 Å². The van der Waals surface area contributed by atoms with Crippen LogP contribution >= 0.6 is 0 Å². The second-order valence-electron chi connectivity index (χ2n) is 9.53. The molecule has 1 fully saturated rings. The van der Waals surface area contributed by atoms with Gasteiger partial charge in [0.1, 0.15) is 24.0 Å². The summed E-state index contributed by atoms with van der Waals surface area (Å²) in [5, 5.41) is 20.5. The summed E-state index contributed by atoms with van der Waals surface area (Å²) < 4.78 is 21.3. The molecule has 4 aromatic rings. The molecule has 0 bridgehead atoms. The van der Waals surface area contributed by atoms with Crippen molar-refractivity contribution >= 4 is 34.2 Å². The monoisotopic (exact) mass is 533 g/mol. The van der Waals surface area contributed by atoms with Gasteiger partial charge in [-0.2, -0.15) is 5.10 Å². The molecule has 0 amide bonds. The number of hydrogen-bond donors (Lipinski definition) is 3. The number of fused-ring (bicyclic) bond motifs is 1. The van der Waals surface area contributed by atoms with Gasteiger partial charge in [-0.15, -0.1) is 0 Å². The summed E-state index contributed by atoms with van der Waals surface area (Å²) in [6.45, 7) is 5.07. The van der Waals surface area contributed by atoms with E-state index in [1.54, 1.807) is 36.7 Å². The lowest BCUT2D eigenvalue weighted by Crippen LogP contribution is -2.33. The minimum atomic E-state index is -0.474. The quantitative estimate of drug-likeness (QED) is 0.275. The number of aliphatic hydroxyl groups excluding tert-OH is 1. The minimum absolute atomic E-state index is 0.0135. The van der Waals surface area contributed by atoms with Crippen LogP contribution in [0.25, 0.3) is 16.6 Å². The first kappa shape index (κ1) is 26.5. The molecule has 1 aliphatic heterocycles. The fraction of sp³-hybridized carbons (Fsp3) is 0.357. The maximum Gasteiger partial charge on any atom is 0.325 e. The Labute approximate surface area is 225 Å². The fourth-order valence-corrected chi connectivity index (χ4v) is 4.87. The first-order valence-corrected chi connectivity index (χ1v) is 13.0. The Bertz CT molecular complexity index is 1470. The van der Waals surface area contributed by atoms with Gasteiger partial charge in [-0.25, -0.2) is 19.0 Å². The van der Waals surface area contributed by atoms with Crippen LogP contribution in [-0.2, 0) is 16.1 Å². The molecule has 3 N–H and O–H groups in total. The molecule has 5 rings (SSSR count). The smallest absolute Gasteiger partial charge is 0.325 e. The zero-order valence-corrected chi connectivity index (χ0v) is 22.0. The highest BCUT2D eigenvalue weighted by molar-refractivity contribution is 5.85. The second kappa shape index (κ2) is 11.7. The van der Waals surface area contributed by atoms with Crippen molar-refractivity contribution in [3.05, 3.63) is 65.9 Å². The first-order valence-electron chi connectivity index (χ1n) is 13.0. The molecule has 3 aromatic heterocycles. The maximum atomic E-state index is 15.0. The number of aromatic nitrogens is 4. The van der Waals surface area contributed by atoms with E-state index in [1.165, 1.54) is 17.9 Å². The average Bonchev–Trinajstić information content (AvgIpc) is 3.46. The van der Waals surface area contributed by atoms with Gasteiger partial charge in [0, 0.05) is 29.9 Å². The van der Waals surface area contributed by atoms with Gasteiger partial charge in [-0.3, -0.25) is 4.79 Å². The Hall–Kier alpha value is -4.09. The van der Waals surface area contributed by atoms with Crippen LogP contribution in [0.5, 0.6) is 0 Å². The summed E-state index contributed by atoms with van der Waals surface area (Å²) in [6.07, 6.45) is 5.41. The molecule has 0 aliphatic carbocycles.